The van der Waals surface area contributed by atoms with Gasteiger partial charge < -0.3 is 5.11 Å². The molecule has 1 nitrogen and oxygen atoms in total. The Bertz CT molecular complexity index is 43.7. The Kier molecular flexibility index (Phi) is 6.27. The van der Waals surface area contributed by atoms with Crippen molar-refractivity contribution in [1.29, 1.82) is 0 Å². The highest BCUT2D eigenvalue weighted by atomic mass is 32.2. The van der Waals surface area contributed by atoms with Crippen LogP contribution in [0.15, 0.2) is 0 Å². The molecule has 0 aromatic heterocycles. The summed E-state index contributed by atoms with van der Waals surface area (Å²) in [5.41, 5.74) is 0. The molecule has 0 spiro atoms. The van der Waals surface area contributed by atoms with Crippen molar-refractivity contribution < 1.29 is 5.11 Å². The van der Waals surface area contributed by atoms with Gasteiger partial charge in [0.15, 0.2) is 0 Å². The summed E-state index contributed by atoms with van der Waals surface area (Å²) >= 11 is 3.37. The third-order valence-electron chi connectivity index (χ3n) is 0.718. The van der Waals surface area contributed by atoms with E-state index in [1.807, 2.05) is 12.5 Å². The quantitative estimate of drug-likeness (QED) is 0.651. The molecule has 0 radical (unpaired) electrons. The van der Waals surface area contributed by atoms with Gasteiger partial charge in [-0.1, -0.05) is 0 Å². The highest BCUT2D eigenvalue weighted by Crippen LogP contribution is 2.02. The summed E-state index contributed by atoms with van der Waals surface area (Å²) in [5, 5.41) is 9.01. The van der Waals surface area contributed by atoms with Crippen LogP contribution in [0, 0.1) is 0 Å². The zero-order chi connectivity index (χ0) is 6.41. The van der Waals surface area contributed by atoms with Crippen molar-refractivity contribution in [2.24, 2.45) is 0 Å². The Morgan fingerprint density at radius 3 is 1.88 bits per heavy atom. The molecule has 0 fully saturated rings. The van der Waals surface area contributed by atoms with Crippen LogP contribution in [0.5, 0.6) is 0 Å². The Hall–Kier alpha value is 0.660. The number of hydrogen-bond donors (Lipinski definition) is 1. The van der Waals surface area contributed by atoms with Crippen LogP contribution in [0.25, 0.3) is 0 Å². The molecule has 0 aliphatic heterocycles. The van der Waals surface area contributed by atoms with E-state index in [2.05, 4.69) is 0 Å². The van der Waals surface area contributed by atoms with Gasteiger partial charge in [0.25, 0.3) is 0 Å². The summed E-state index contributed by atoms with van der Waals surface area (Å²) < 4.78 is 0. The molecule has 50 valence electrons. The molecule has 0 aliphatic rings. The fourth-order valence-electron chi connectivity index (χ4n) is 0.433. The predicted octanol–water partition coefficient (Wildman–Crippen LogP) is 1.07. The third-order valence-corrected chi connectivity index (χ3v) is 2.15. The lowest BCUT2D eigenvalue weighted by Gasteiger charge is -2.04. The first-order valence-corrected chi connectivity index (χ1v) is 5.26. The van der Waals surface area contributed by atoms with Crippen molar-refractivity contribution in [1.82, 2.24) is 0 Å². The van der Waals surface area contributed by atoms with Gasteiger partial charge in [0, 0.05) is 11.5 Å². The standard InChI is InChI=1S/C5H12OS2/c1-7-3-5(6)4-8-2/h5-6H,3-4H2,1-2H3. The van der Waals surface area contributed by atoms with E-state index >= 15 is 0 Å². The van der Waals surface area contributed by atoms with E-state index in [0.29, 0.717) is 0 Å². The highest BCUT2D eigenvalue weighted by Gasteiger charge is 1.98. The second-order valence-corrected chi connectivity index (χ2v) is 3.39. The third kappa shape index (κ3) is 4.81. The number of aliphatic hydroxyl groups excluding tert-OH is 1. The Labute approximate surface area is 59.2 Å². The van der Waals surface area contributed by atoms with Gasteiger partial charge in [0.05, 0.1) is 6.10 Å². The van der Waals surface area contributed by atoms with Crippen molar-refractivity contribution >= 4 is 23.5 Å². The van der Waals surface area contributed by atoms with Crippen molar-refractivity contribution in [3.05, 3.63) is 0 Å². The molecule has 1 N–H and O–H groups in total. The van der Waals surface area contributed by atoms with E-state index in [-0.39, 0.29) is 6.10 Å². The maximum absolute atomic E-state index is 9.01. The largest absolute Gasteiger partial charge is 0.391 e. The SMILES string of the molecule is CSCC(O)CSC. The van der Waals surface area contributed by atoms with Gasteiger partial charge in [-0.25, -0.2) is 0 Å². The number of hydrogen-bond acceptors (Lipinski definition) is 3. The lowest BCUT2D eigenvalue weighted by Crippen LogP contribution is -2.12. The molecule has 0 aromatic carbocycles. The maximum atomic E-state index is 9.01. The first-order chi connectivity index (χ1) is 3.81. The molecule has 0 unspecified atom stereocenters. The van der Waals surface area contributed by atoms with Crippen molar-refractivity contribution in [3.8, 4) is 0 Å². The number of rotatable bonds is 4. The molecule has 0 aliphatic carbocycles. The highest BCUT2D eigenvalue weighted by molar-refractivity contribution is 7.99. The van der Waals surface area contributed by atoms with Crippen LogP contribution in [0.2, 0.25) is 0 Å². The molecule has 3 heteroatoms. The van der Waals surface area contributed by atoms with E-state index in [1.165, 1.54) is 0 Å². The summed E-state index contributed by atoms with van der Waals surface area (Å²) in [5.74, 6) is 1.72. The smallest absolute Gasteiger partial charge is 0.0720 e. The lowest BCUT2D eigenvalue weighted by molar-refractivity contribution is 0.225. The molecule has 0 atom stereocenters. The average molecular weight is 152 g/mol. The van der Waals surface area contributed by atoms with Gasteiger partial charge in [-0.2, -0.15) is 23.5 Å². The zero-order valence-electron chi connectivity index (χ0n) is 5.26. The molecule has 0 heterocycles. The summed E-state index contributed by atoms with van der Waals surface area (Å²) in [6.07, 6.45) is 3.90. The molecule has 0 amide bonds. The molecule has 8 heavy (non-hydrogen) atoms. The van der Waals surface area contributed by atoms with Crippen LogP contribution in [0.4, 0.5) is 0 Å². The minimum atomic E-state index is -0.111. The summed E-state index contributed by atoms with van der Waals surface area (Å²) in [7, 11) is 0. The second kappa shape index (κ2) is 5.79. The van der Waals surface area contributed by atoms with Crippen LogP contribution in [-0.2, 0) is 0 Å². The Balaban J connectivity index is 2.92. The van der Waals surface area contributed by atoms with Crippen LogP contribution in [-0.4, -0.2) is 35.2 Å². The van der Waals surface area contributed by atoms with Crippen molar-refractivity contribution in [3.63, 3.8) is 0 Å². The summed E-state index contributed by atoms with van der Waals surface area (Å²) in [6.45, 7) is 0. The topological polar surface area (TPSA) is 20.2 Å². The van der Waals surface area contributed by atoms with Gasteiger partial charge in [-0.05, 0) is 12.5 Å². The molecule has 0 aromatic rings. The zero-order valence-corrected chi connectivity index (χ0v) is 6.89. The normalized spacial score (nSPS) is 10.5. The van der Waals surface area contributed by atoms with E-state index in [1.54, 1.807) is 23.5 Å². The van der Waals surface area contributed by atoms with Crippen LogP contribution >= 0.6 is 23.5 Å². The summed E-state index contributed by atoms with van der Waals surface area (Å²) in [6, 6.07) is 0. The average Bonchev–Trinajstić information content (AvgIpc) is 1.68. The van der Waals surface area contributed by atoms with E-state index in [4.69, 9.17) is 5.11 Å². The number of aliphatic hydroxyl groups is 1. The molecule has 0 rings (SSSR count). The lowest BCUT2D eigenvalue weighted by atomic mass is 10.5. The van der Waals surface area contributed by atoms with Crippen molar-refractivity contribution in [2.75, 3.05) is 24.0 Å². The van der Waals surface area contributed by atoms with Gasteiger partial charge >= 0.3 is 0 Å². The molecular formula is C5H12OS2. The Morgan fingerprint density at radius 2 is 1.62 bits per heavy atom. The van der Waals surface area contributed by atoms with Crippen LogP contribution in [0.3, 0.4) is 0 Å². The van der Waals surface area contributed by atoms with Gasteiger partial charge in [-0.15, -0.1) is 0 Å². The van der Waals surface area contributed by atoms with E-state index in [0.717, 1.165) is 11.5 Å². The van der Waals surface area contributed by atoms with Gasteiger partial charge in [-0.3, -0.25) is 0 Å². The summed E-state index contributed by atoms with van der Waals surface area (Å²) in [4.78, 5) is 0. The predicted molar refractivity (Wildman–Crippen MR) is 42.8 cm³/mol. The monoisotopic (exact) mass is 152 g/mol. The fourth-order valence-corrected chi connectivity index (χ4v) is 1.59. The second-order valence-electron chi connectivity index (χ2n) is 1.56. The van der Waals surface area contributed by atoms with Crippen LogP contribution in [0.1, 0.15) is 0 Å². The molecule has 0 bridgehead atoms. The van der Waals surface area contributed by atoms with Gasteiger partial charge in [0.1, 0.15) is 0 Å². The first kappa shape index (κ1) is 8.66. The fraction of sp³-hybridized carbons (Fsp3) is 1.00. The molecule has 0 saturated heterocycles. The van der Waals surface area contributed by atoms with Crippen molar-refractivity contribution in [2.45, 2.75) is 6.10 Å². The molecule has 0 saturated carbocycles. The van der Waals surface area contributed by atoms with E-state index < -0.39 is 0 Å². The van der Waals surface area contributed by atoms with Crippen LogP contribution < -0.4 is 0 Å². The van der Waals surface area contributed by atoms with E-state index in [9.17, 15) is 0 Å². The maximum Gasteiger partial charge on any atom is 0.0720 e. The minimum absolute atomic E-state index is 0.111. The van der Waals surface area contributed by atoms with Gasteiger partial charge in [0.2, 0.25) is 0 Å². The molecular weight excluding hydrogens is 140 g/mol. The number of thioether (sulfide) groups is 2. The first-order valence-electron chi connectivity index (χ1n) is 2.47. The minimum Gasteiger partial charge on any atom is -0.391 e. The Morgan fingerprint density at radius 1 is 1.25 bits per heavy atom.